The Morgan fingerprint density at radius 1 is 1.22 bits per heavy atom. The zero-order valence-corrected chi connectivity index (χ0v) is 15.4. The van der Waals surface area contributed by atoms with Gasteiger partial charge in [-0.3, -0.25) is 9.59 Å². The monoisotopic (exact) mass is 370 g/mol. The molecule has 0 bridgehead atoms. The molecule has 1 aromatic heterocycles. The van der Waals surface area contributed by atoms with Gasteiger partial charge in [-0.2, -0.15) is 5.10 Å². The summed E-state index contributed by atoms with van der Waals surface area (Å²) in [5, 5.41) is 7.63. The zero-order valence-electron chi connectivity index (χ0n) is 15.4. The van der Waals surface area contributed by atoms with Gasteiger partial charge in [-0.25, -0.2) is 9.07 Å². The number of hydrogen-bond donors (Lipinski definition) is 1. The van der Waals surface area contributed by atoms with E-state index in [0.717, 1.165) is 32.4 Å². The summed E-state index contributed by atoms with van der Waals surface area (Å²) in [5.41, 5.74) is 0.414. The SMILES string of the molecule is Cc1cc(=O)c(C(=O)N2CCC3(CCNC3)CC2)nn1-c1ccccc1F. The van der Waals surface area contributed by atoms with Gasteiger partial charge in [0, 0.05) is 31.4 Å². The first kappa shape index (κ1) is 17.9. The average molecular weight is 370 g/mol. The Labute approximate surface area is 157 Å². The minimum Gasteiger partial charge on any atom is -0.337 e. The third kappa shape index (κ3) is 3.27. The van der Waals surface area contributed by atoms with Gasteiger partial charge < -0.3 is 10.2 Å². The second-order valence-corrected chi connectivity index (χ2v) is 7.58. The maximum absolute atomic E-state index is 14.2. The van der Waals surface area contributed by atoms with Crippen molar-refractivity contribution < 1.29 is 9.18 Å². The summed E-state index contributed by atoms with van der Waals surface area (Å²) < 4.78 is 15.5. The van der Waals surface area contributed by atoms with Gasteiger partial charge in [0.05, 0.1) is 0 Å². The molecule has 2 saturated heterocycles. The highest BCUT2D eigenvalue weighted by Gasteiger charge is 2.38. The standard InChI is InChI=1S/C20H23FN4O2/c1-14-12-17(26)18(23-25(14)16-5-3-2-4-15(16)21)19(27)24-10-7-20(8-11-24)6-9-22-13-20/h2-5,12,22H,6-11,13H2,1H3. The number of rotatable bonds is 2. The average Bonchev–Trinajstić information content (AvgIpc) is 3.11. The van der Waals surface area contributed by atoms with E-state index >= 15 is 0 Å². The predicted molar refractivity (Wildman–Crippen MR) is 99.6 cm³/mol. The Balaban J connectivity index is 1.62. The number of hydrogen-bond acceptors (Lipinski definition) is 4. The van der Waals surface area contributed by atoms with Gasteiger partial charge in [-0.1, -0.05) is 12.1 Å². The second kappa shape index (κ2) is 6.88. The molecule has 0 atom stereocenters. The molecule has 0 aliphatic carbocycles. The van der Waals surface area contributed by atoms with Gasteiger partial charge in [-0.15, -0.1) is 0 Å². The number of piperidine rings is 1. The van der Waals surface area contributed by atoms with Crippen LogP contribution in [0.4, 0.5) is 4.39 Å². The van der Waals surface area contributed by atoms with Crippen molar-refractivity contribution in [3.8, 4) is 5.69 Å². The van der Waals surface area contributed by atoms with Gasteiger partial charge in [0.25, 0.3) is 5.91 Å². The summed E-state index contributed by atoms with van der Waals surface area (Å²) in [6.45, 7) is 4.94. The predicted octanol–water partition coefficient (Wildman–Crippen LogP) is 1.90. The fourth-order valence-electron chi connectivity index (χ4n) is 4.12. The lowest BCUT2D eigenvalue weighted by Gasteiger charge is -2.38. The van der Waals surface area contributed by atoms with Crippen LogP contribution >= 0.6 is 0 Å². The second-order valence-electron chi connectivity index (χ2n) is 7.58. The first-order chi connectivity index (χ1) is 13.0. The van der Waals surface area contributed by atoms with E-state index < -0.39 is 11.2 Å². The van der Waals surface area contributed by atoms with E-state index in [-0.39, 0.29) is 22.7 Å². The van der Waals surface area contributed by atoms with Crippen molar-refractivity contribution in [2.24, 2.45) is 5.41 Å². The van der Waals surface area contributed by atoms with Gasteiger partial charge in [0.2, 0.25) is 5.43 Å². The summed E-state index contributed by atoms with van der Waals surface area (Å²) in [6, 6.07) is 7.53. The summed E-state index contributed by atoms with van der Waals surface area (Å²) in [7, 11) is 0. The smallest absolute Gasteiger partial charge is 0.278 e. The van der Waals surface area contributed by atoms with Crippen molar-refractivity contribution in [1.82, 2.24) is 20.0 Å². The quantitative estimate of drug-likeness (QED) is 0.877. The van der Waals surface area contributed by atoms with Gasteiger partial charge in [-0.05, 0) is 50.3 Å². The fraction of sp³-hybridized carbons (Fsp3) is 0.450. The molecule has 7 heteroatoms. The van der Waals surface area contributed by atoms with Crippen molar-refractivity contribution in [3.63, 3.8) is 0 Å². The number of aromatic nitrogens is 2. The van der Waals surface area contributed by atoms with Crippen molar-refractivity contribution in [2.45, 2.75) is 26.2 Å². The van der Waals surface area contributed by atoms with Gasteiger partial charge >= 0.3 is 0 Å². The topological polar surface area (TPSA) is 67.2 Å². The van der Waals surface area contributed by atoms with E-state index in [9.17, 15) is 14.0 Å². The van der Waals surface area contributed by atoms with Crippen molar-refractivity contribution in [3.05, 3.63) is 57.8 Å². The van der Waals surface area contributed by atoms with Crippen LogP contribution in [0.25, 0.3) is 5.69 Å². The van der Waals surface area contributed by atoms with E-state index in [1.54, 1.807) is 30.0 Å². The lowest BCUT2D eigenvalue weighted by atomic mass is 9.78. The number of carbonyl (C=O) groups is 1. The van der Waals surface area contributed by atoms with E-state index in [1.165, 1.54) is 16.8 Å². The molecule has 2 fully saturated rings. The molecule has 0 unspecified atom stereocenters. The number of carbonyl (C=O) groups excluding carboxylic acids is 1. The van der Waals surface area contributed by atoms with Crippen LogP contribution in [-0.4, -0.2) is 46.8 Å². The number of halogens is 1. The molecule has 6 nitrogen and oxygen atoms in total. The van der Waals surface area contributed by atoms with Gasteiger partial charge in [0.1, 0.15) is 11.5 Å². The largest absolute Gasteiger partial charge is 0.337 e. The molecule has 1 amide bonds. The molecule has 1 N–H and O–H groups in total. The molecule has 1 spiro atoms. The van der Waals surface area contributed by atoms with E-state index in [1.807, 2.05) is 0 Å². The number of amides is 1. The van der Waals surface area contributed by atoms with E-state index in [4.69, 9.17) is 0 Å². The lowest BCUT2D eigenvalue weighted by Crippen LogP contribution is -2.45. The fourth-order valence-corrected chi connectivity index (χ4v) is 4.12. The molecule has 1 aromatic carbocycles. The first-order valence-electron chi connectivity index (χ1n) is 9.35. The summed E-state index contributed by atoms with van der Waals surface area (Å²) in [6.07, 6.45) is 3.00. The Kier molecular flexibility index (Phi) is 4.55. The number of likely N-dealkylation sites (tertiary alicyclic amines) is 1. The van der Waals surface area contributed by atoms with Crippen LogP contribution < -0.4 is 10.7 Å². The molecule has 2 aliphatic rings. The molecule has 142 valence electrons. The lowest BCUT2D eigenvalue weighted by molar-refractivity contribution is 0.0598. The molecule has 0 saturated carbocycles. The Morgan fingerprint density at radius 2 is 1.96 bits per heavy atom. The number of nitrogens with zero attached hydrogens (tertiary/aromatic N) is 3. The summed E-state index contributed by atoms with van der Waals surface area (Å²) >= 11 is 0. The molecular weight excluding hydrogens is 347 g/mol. The third-order valence-electron chi connectivity index (χ3n) is 5.83. The Bertz CT molecular complexity index is 924. The summed E-state index contributed by atoms with van der Waals surface area (Å²) in [5.74, 6) is -0.824. The highest BCUT2D eigenvalue weighted by Crippen LogP contribution is 2.37. The van der Waals surface area contributed by atoms with Crippen LogP contribution in [0, 0.1) is 18.2 Å². The van der Waals surface area contributed by atoms with Crippen LogP contribution in [0.2, 0.25) is 0 Å². The van der Waals surface area contributed by atoms with Crippen LogP contribution in [0.1, 0.15) is 35.4 Å². The molecule has 2 aliphatic heterocycles. The highest BCUT2D eigenvalue weighted by molar-refractivity contribution is 5.92. The molecule has 27 heavy (non-hydrogen) atoms. The number of benzene rings is 1. The maximum Gasteiger partial charge on any atom is 0.278 e. The third-order valence-corrected chi connectivity index (χ3v) is 5.83. The normalized spacial score (nSPS) is 18.8. The number of aryl methyl sites for hydroxylation is 1. The summed E-state index contributed by atoms with van der Waals surface area (Å²) in [4.78, 5) is 27.1. The van der Waals surface area contributed by atoms with Crippen molar-refractivity contribution in [1.29, 1.82) is 0 Å². The Morgan fingerprint density at radius 3 is 2.63 bits per heavy atom. The van der Waals surface area contributed by atoms with E-state index in [0.29, 0.717) is 18.8 Å². The van der Waals surface area contributed by atoms with Crippen molar-refractivity contribution >= 4 is 5.91 Å². The number of para-hydroxylation sites is 1. The Hall–Kier alpha value is -2.54. The molecule has 3 heterocycles. The maximum atomic E-state index is 14.2. The molecule has 2 aromatic rings. The van der Waals surface area contributed by atoms with Crippen LogP contribution in [0.3, 0.4) is 0 Å². The van der Waals surface area contributed by atoms with Crippen LogP contribution in [0.15, 0.2) is 35.1 Å². The van der Waals surface area contributed by atoms with Crippen LogP contribution in [-0.2, 0) is 0 Å². The van der Waals surface area contributed by atoms with Crippen LogP contribution in [0.5, 0.6) is 0 Å². The first-order valence-corrected chi connectivity index (χ1v) is 9.35. The zero-order chi connectivity index (χ0) is 19.0. The number of nitrogens with one attached hydrogen (secondary N) is 1. The van der Waals surface area contributed by atoms with Gasteiger partial charge in [0.15, 0.2) is 5.69 Å². The molecule has 4 rings (SSSR count). The minimum absolute atomic E-state index is 0.149. The minimum atomic E-state index is -0.455. The molecular formula is C20H23FN4O2. The highest BCUT2D eigenvalue weighted by atomic mass is 19.1. The van der Waals surface area contributed by atoms with E-state index in [2.05, 4.69) is 10.4 Å². The molecule has 0 radical (unpaired) electrons. The van der Waals surface area contributed by atoms with Crippen molar-refractivity contribution in [2.75, 3.05) is 26.2 Å².